The summed E-state index contributed by atoms with van der Waals surface area (Å²) < 4.78 is 1.06. The molecule has 1 heterocycles. The Morgan fingerprint density at radius 3 is 2.93 bits per heavy atom. The maximum Gasteiger partial charge on any atom is 0.138 e. The minimum absolute atomic E-state index is 0.0704. The van der Waals surface area contributed by atoms with E-state index in [0.29, 0.717) is 0 Å². The molecule has 1 fully saturated rings. The molecule has 14 heavy (non-hydrogen) atoms. The minimum atomic E-state index is -0.0704. The molecule has 2 rings (SSSR count). The quantitative estimate of drug-likeness (QED) is 0.788. The third-order valence-electron chi connectivity index (χ3n) is 2.35. The number of nitrogens with one attached hydrogen (secondary N) is 2. The summed E-state index contributed by atoms with van der Waals surface area (Å²) in [5.41, 5.74) is 7.23. The maximum atomic E-state index is 10.5. The molecule has 2 N–H and O–H groups in total. The summed E-state index contributed by atoms with van der Waals surface area (Å²) in [6.07, 6.45) is 1.74. The van der Waals surface area contributed by atoms with Gasteiger partial charge in [-0.05, 0) is 24.1 Å². The lowest BCUT2D eigenvalue weighted by Gasteiger charge is -2.09. The molecule has 74 valence electrons. The van der Waals surface area contributed by atoms with Gasteiger partial charge in [-0.1, -0.05) is 28.1 Å². The zero-order valence-corrected chi connectivity index (χ0v) is 9.12. The third-order valence-corrected chi connectivity index (χ3v) is 2.84. The highest BCUT2D eigenvalue weighted by Gasteiger charge is 2.24. The van der Waals surface area contributed by atoms with Gasteiger partial charge in [0.15, 0.2) is 0 Å². The number of benzene rings is 1. The predicted molar refractivity (Wildman–Crippen MR) is 57.6 cm³/mol. The van der Waals surface area contributed by atoms with Gasteiger partial charge in [-0.15, -0.1) is 0 Å². The van der Waals surface area contributed by atoms with Gasteiger partial charge in [0.1, 0.15) is 6.29 Å². The van der Waals surface area contributed by atoms with Gasteiger partial charge in [0.25, 0.3) is 0 Å². The first-order valence-electron chi connectivity index (χ1n) is 4.51. The van der Waals surface area contributed by atoms with Crippen molar-refractivity contribution in [1.29, 1.82) is 0 Å². The lowest BCUT2D eigenvalue weighted by Crippen LogP contribution is -2.31. The van der Waals surface area contributed by atoms with Crippen LogP contribution >= 0.6 is 15.9 Å². The van der Waals surface area contributed by atoms with Crippen molar-refractivity contribution in [1.82, 2.24) is 10.9 Å². The van der Waals surface area contributed by atoms with E-state index in [0.717, 1.165) is 17.2 Å². The van der Waals surface area contributed by atoms with E-state index in [9.17, 15) is 4.79 Å². The third kappa shape index (κ3) is 2.03. The lowest BCUT2D eigenvalue weighted by atomic mass is 10.0. The second-order valence-corrected chi connectivity index (χ2v) is 4.29. The zero-order chi connectivity index (χ0) is 9.97. The molecule has 3 nitrogen and oxygen atoms in total. The summed E-state index contributed by atoms with van der Waals surface area (Å²) in [6, 6.07) is 8.25. The molecule has 2 unspecified atom stereocenters. The van der Waals surface area contributed by atoms with Crippen LogP contribution in [0.2, 0.25) is 0 Å². The summed E-state index contributed by atoms with van der Waals surface area (Å²) in [4.78, 5) is 10.5. The SMILES string of the molecule is O=CC1CC(c2cccc(Br)c2)NN1. The highest BCUT2D eigenvalue weighted by molar-refractivity contribution is 9.10. The molecule has 0 saturated carbocycles. The van der Waals surface area contributed by atoms with Crippen LogP contribution in [-0.2, 0) is 4.79 Å². The molecule has 4 heteroatoms. The standard InChI is InChI=1S/C10H11BrN2O/c11-8-3-1-2-7(4-8)10-5-9(6-14)12-13-10/h1-4,6,9-10,12-13H,5H2. The number of hydrogen-bond acceptors (Lipinski definition) is 3. The Morgan fingerprint density at radius 2 is 2.29 bits per heavy atom. The summed E-state index contributed by atoms with van der Waals surface area (Å²) in [7, 11) is 0. The van der Waals surface area contributed by atoms with Crippen LogP contribution in [0.15, 0.2) is 28.7 Å². The lowest BCUT2D eigenvalue weighted by molar-refractivity contribution is -0.109. The fraction of sp³-hybridized carbons (Fsp3) is 0.300. The molecule has 0 aromatic heterocycles. The van der Waals surface area contributed by atoms with Crippen LogP contribution in [0.25, 0.3) is 0 Å². The Labute approximate surface area is 91.0 Å². The highest BCUT2D eigenvalue weighted by atomic mass is 79.9. The summed E-state index contributed by atoms with van der Waals surface area (Å²) >= 11 is 3.42. The molecule has 0 spiro atoms. The summed E-state index contributed by atoms with van der Waals surface area (Å²) in [6.45, 7) is 0. The van der Waals surface area contributed by atoms with Crippen LogP contribution in [-0.4, -0.2) is 12.3 Å². The van der Waals surface area contributed by atoms with Crippen LogP contribution in [0.1, 0.15) is 18.0 Å². The summed E-state index contributed by atoms with van der Waals surface area (Å²) in [5, 5.41) is 0. The fourth-order valence-corrected chi connectivity index (χ4v) is 2.03. The number of carbonyl (C=O) groups excluding carboxylic acids is 1. The molecule has 2 atom stereocenters. The molecule has 0 bridgehead atoms. The van der Waals surface area contributed by atoms with Crippen molar-refractivity contribution in [3.63, 3.8) is 0 Å². The number of carbonyl (C=O) groups is 1. The monoisotopic (exact) mass is 254 g/mol. The van der Waals surface area contributed by atoms with Crippen molar-refractivity contribution in [3.8, 4) is 0 Å². The molecule has 0 amide bonds. The van der Waals surface area contributed by atoms with Gasteiger partial charge < -0.3 is 4.79 Å². The van der Waals surface area contributed by atoms with Gasteiger partial charge in [-0.2, -0.15) is 0 Å². The van der Waals surface area contributed by atoms with Crippen LogP contribution in [0.5, 0.6) is 0 Å². The molecule has 1 aliphatic rings. The maximum absolute atomic E-state index is 10.5. The van der Waals surface area contributed by atoms with Gasteiger partial charge >= 0.3 is 0 Å². The van der Waals surface area contributed by atoms with E-state index in [4.69, 9.17) is 0 Å². The highest BCUT2D eigenvalue weighted by Crippen LogP contribution is 2.23. The normalized spacial score (nSPS) is 26.4. The van der Waals surface area contributed by atoms with E-state index in [1.54, 1.807) is 0 Å². The fourth-order valence-electron chi connectivity index (χ4n) is 1.61. The van der Waals surface area contributed by atoms with Crippen molar-refractivity contribution in [2.24, 2.45) is 0 Å². The molecular weight excluding hydrogens is 244 g/mol. The van der Waals surface area contributed by atoms with Gasteiger partial charge in [-0.3, -0.25) is 0 Å². The first-order chi connectivity index (χ1) is 6.79. The van der Waals surface area contributed by atoms with Gasteiger partial charge in [0, 0.05) is 10.5 Å². The summed E-state index contributed by atoms with van der Waals surface area (Å²) in [5.74, 6) is 0. The minimum Gasteiger partial charge on any atom is -0.302 e. The second kappa shape index (κ2) is 4.21. The molecule has 1 aliphatic heterocycles. The molecule has 0 radical (unpaired) electrons. The van der Waals surface area contributed by atoms with Gasteiger partial charge in [-0.25, -0.2) is 10.9 Å². The average Bonchev–Trinajstić information content (AvgIpc) is 2.66. The van der Waals surface area contributed by atoms with E-state index in [1.807, 2.05) is 12.1 Å². The Balaban J connectivity index is 2.13. The van der Waals surface area contributed by atoms with Crippen LogP contribution in [0, 0.1) is 0 Å². The van der Waals surface area contributed by atoms with E-state index >= 15 is 0 Å². The topological polar surface area (TPSA) is 41.1 Å². The Morgan fingerprint density at radius 1 is 1.43 bits per heavy atom. The molecule has 1 aromatic rings. The number of rotatable bonds is 2. The number of hydrogen-bond donors (Lipinski definition) is 2. The van der Waals surface area contributed by atoms with Crippen LogP contribution in [0.3, 0.4) is 0 Å². The Hall–Kier alpha value is -0.710. The number of aldehydes is 1. The molecule has 0 aliphatic carbocycles. The average molecular weight is 255 g/mol. The van der Waals surface area contributed by atoms with Crippen LogP contribution < -0.4 is 10.9 Å². The van der Waals surface area contributed by atoms with Crippen molar-refractivity contribution >= 4 is 22.2 Å². The number of hydrazine groups is 1. The zero-order valence-electron chi connectivity index (χ0n) is 7.53. The largest absolute Gasteiger partial charge is 0.302 e. The Kier molecular flexibility index (Phi) is 2.96. The van der Waals surface area contributed by atoms with Gasteiger partial charge in [0.05, 0.1) is 6.04 Å². The Bertz CT molecular complexity index is 343. The van der Waals surface area contributed by atoms with Crippen LogP contribution in [0.4, 0.5) is 0 Å². The van der Waals surface area contributed by atoms with Gasteiger partial charge in [0.2, 0.25) is 0 Å². The van der Waals surface area contributed by atoms with E-state index in [-0.39, 0.29) is 12.1 Å². The number of halogens is 1. The molecule has 1 aromatic carbocycles. The van der Waals surface area contributed by atoms with Crippen molar-refractivity contribution in [2.45, 2.75) is 18.5 Å². The molecular formula is C10H11BrN2O. The second-order valence-electron chi connectivity index (χ2n) is 3.37. The smallest absolute Gasteiger partial charge is 0.138 e. The molecule has 1 saturated heterocycles. The first-order valence-corrected chi connectivity index (χ1v) is 5.30. The van der Waals surface area contributed by atoms with Crippen molar-refractivity contribution in [3.05, 3.63) is 34.3 Å². The van der Waals surface area contributed by atoms with Crippen molar-refractivity contribution < 1.29 is 4.79 Å². The first kappa shape index (κ1) is 9.83. The van der Waals surface area contributed by atoms with E-state index in [1.165, 1.54) is 5.56 Å². The van der Waals surface area contributed by atoms with E-state index < -0.39 is 0 Å². The predicted octanol–water partition coefficient (Wildman–Crippen LogP) is 1.56. The van der Waals surface area contributed by atoms with E-state index in [2.05, 4.69) is 38.9 Å². The van der Waals surface area contributed by atoms with Crippen molar-refractivity contribution in [2.75, 3.05) is 0 Å².